The third-order valence-electron chi connectivity index (χ3n) is 5.16. The van der Waals surface area contributed by atoms with Crippen LogP contribution in [0.1, 0.15) is 22.3 Å². The molecule has 1 aliphatic rings. The van der Waals surface area contributed by atoms with E-state index in [1.165, 1.54) is 23.5 Å². The SMILES string of the molecule is Cc1cccc(N(C)S(=O)(=O)c2cccc(C(=O)NCCCN3CCOCC3)c2)c1. The molecule has 0 radical (unpaired) electrons. The summed E-state index contributed by atoms with van der Waals surface area (Å²) in [6, 6.07) is 13.4. The molecule has 0 unspecified atom stereocenters. The minimum atomic E-state index is -3.77. The van der Waals surface area contributed by atoms with Crippen molar-refractivity contribution in [1.82, 2.24) is 10.2 Å². The Balaban J connectivity index is 1.62. The fourth-order valence-corrected chi connectivity index (χ4v) is 4.58. The number of benzene rings is 2. The summed E-state index contributed by atoms with van der Waals surface area (Å²) in [5, 5.41) is 2.88. The number of sulfonamides is 1. The van der Waals surface area contributed by atoms with Gasteiger partial charge in [-0.1, -0.05) is 18.2 Å². The van der Waals surface area contributed by atoms with Crippen molar-refractivity contribution >= 4 is 21.6 Å². The first-order chi connectivity index (χ1) is 14.4. The standard InChI is InChI=1S/C22H29N3O4S/c1-18-6-3-8-20(16-18)24(2)30(27,28)21-9-4-7-19(17-21)22(26)23-10-5-11-25-12-14-29-15-13-25/h3-4,6-9,16-17H,5,10-15H2,1-2H3,(H,23,26). The van der Waals surface area contributed by atoms with E-state index in [1.54, 1.807) is 18.2 Å². The predicted octanol–water partition coefficient (Wildman–Crippen LogP) is 2.27. The molecule has 1 fully saturated rings. The second-order valence-electron chi connectivity index (χ2n) is 7.40. The Morgan fingerprint density at radius 1 is 1.13 bits per heavy atom. The molecule has 30 heavy (non-hydrogen) atoms. The highest BCUT2D eigenvalue weighted by Gasteiger charge is 2.22. The summed E-state index contributed by atoms with van der Waals surface area (Å²) in [6.07, 6.45) is 0.833. The van der Waals surface area contributed by atoms with Gasteiger partial charge in [0.15, 0.2) is 0 Å². The summed E-state index contributed by atoms with van der Waals surface area (Å²) in [6.45, 7) is 6.70. The Bertz CT molecular complexity index is 972. The van der Waals surface area contributed by atoms with E-state index in [1.807, 2.05) is 25.1 Å². The molecule has 3 rings (SSSR count). The van der Waals surface area contributed by atoms with Crippen molar-refractivity contribution in [3.05, 3.63) is 59.7 Å². The third kappa shape index (κ3) is 5.59. The lowest BCUT2D eigenvalue weighted by Crippen LogP contribution is -2.38. The number of carbonyl (C=O) groups is 1. The van der Waals surface area contributed by atoms with Crippen molar-refractivity contribution in [2.75, 3.05) is 50.7 Å². The monoisotopic (exact) mass is 431 g/mol. The van der Waals surface area contributed by atoms with Crippen molar-refractivity contribution in [3.8, 4) is 0 Å². The summed E-state index contributed by atoms with van der Waals surface area (Å²) in [5.74, 6) is -0.271. The van der Waals surface area contributed by atoms with Crippen molar-refractivity contribution < 1.29 is 17.9 Å². The molecule has 8 heteroatoms. The van der Waals surface area contributed by atoms with Crippen LogP contribution in [0, 0.1) is 6.92 Å². The summed E-state index contributed by atoms with van der Waals surface area (Å²) < 4.78 is 32.6. The molecule has 0 aromatic heterocycles. The zero-order valence-corrected chi connectivity index (χ0v) is 18.3. The van der Waals surface area contributed by atoms with Gasteiger partial charge in [-0.05, 0) is 55.8 Å². The van der Waals surface area contributed by atoms with Crippen LogP contribution in [0.5, 0.6) is 0 Å². The molecule has 0 aliphatic carbocycles. The fraction of sp³-hybridized carbons (Fsp3) is 0.409. The Morgan fingerprint density at radius 2 is 1.87 bits per heavy atom. The maximum Gasteiger partial charge on any atom is 0.264 e. The summed E-state index contributed by atoms with van der Waals surface area (Å²) >= 11 is 0. The molecule has 0 saturated carbocycles. The molecular weight excluding hydrogens is 402 g/mol. The number of aryl methyl sites for hydroxylation is 1. The van der Waals surface area contributed by atoms with Gasteiger partial charge in [-0.25, -0.2) is 8.42 Å². The van der Waals surface area contributed by atoms with Crippen LogP contribution in [0.3, 0.4) is 0 Å². The van der Waals surface area contributed by atoms with Gasteiger partial charge in [-0.15, -0.1) is 0 Å². The number of nitrogens with one attached hydrogen (secondary N) is 1. The van der Waals surface area contributed by atoms with Gasteiger partial charge in [-0.3, -0.25) is 14.0 Å². The zero-order valence-electron chi connectivity index (χ0n) is 17.5. The molecule has 0 spiro atoms. The minimum absolute atomic E-state index is 0.0903. The molecule has 162 valence electrons. The van der Waals surface area contributed by atoms with Gasteiger partial charge in [-0.2, -0.15) is 0 Å². The molecular formula is C22H29N3O4S. The van der Waals surface area contributed by atoms with E-state index >= 15 is 0 Å². The van der Waals surface area contributed by atoms with E-state index in [9.17, 15) is 13.2 Å². The Morgan fingerprint density at radius 3 is 2.60 bits per heavy atom. The van der Waals surface area contributed by atoms with Crippen LogP contribution < -0.4 is 9.62 Å². The Labute approximate surface area is 178 Å². The quantitative estimate of drug-likeness (QED) is 0.649. The molecule has 0 bridgehead atoms. The molecule has 1 aliphatic heterocycles. The van der Waals surface area contributed by atoms with Gasteiger partial charge in [0.2, 0.25) is 0 Å². The summed E-state index contributed by atoms with van der Waals surface area (Å²) in [4.78, 5) is 14.9. The smallest absolute Gasteiger partial charge is 0.264 e. The van der Waals surface area contributed by atoms with Crippen molar-refractivity contribution in [2.45, 2.75) is 18.2 Å². The highest BCUT2D eigenvalue weighted by Crippen LogP contribution is 2.23. The van der Waals surface area contributed by atoms with Crippen molar-refractivity contribution in [2.24, 2.45) is 0 Å². The maximum atomic E-state index is 13.0. The van der Waals surface area contributed by atoms with E-state index in [2.05, 4.69) is 10.2 Å². The second kappa shape index (κ2) is 10.1. The average Bonchev–Trinajstić information content (AvgIpc) is 2.77. The van der Waals surface area contributed by atoms with Crippen LogP contribution in [-0.4, -0.2) is 65.7 Å². The van der Waals surface area contributed by atoms with Crippen LogP contribution in [0.15, 0.2) is 53.4 Å². The molecule has 1 heterocycles. The van der Waals surface area contributed by atoms with Gasteiger partial charge in [0, 0.05) is 32.2 Å². The Hall–Kier alpha value is -2.42. The van der Waals surface area contributed by atoms with E-state index < -0.39 is 10.0 Å². The molecule has 2 aromatic carbocycles. The molecule has 1 N–H and O–H groups in total. The van der Waals surface area contributed by atoms with Crippen LogP contribution >= 0.6 is 0 Å². The number of morpholine rings is 1. The van der Waals surface area contributed by atoms with Crippen LogP contribution in [0.2, 0.25) is 0 Å². The van der Waals surface area contributed by atoms with Gasteiger partial charge in [0.25, 0.3) is 15.9 Å². The zero-order chi connectivity index (χ0) is 21.6. The first kappa shape index (κ1) is 22.3. The predicted molar refractivity (Wildman–Crippen MR) is 117 cm³/mol. The van der Waals surface area contributed by atoms with Gasteiger partial charge < -0.3 is 10.1 Å². The number of anilines is 1. The lowest BCUT2D eigenvalue weighted by molar-refractivity contribution is 0.0374. The minimum Gasteiger partial charge on any atom is -0.379 e. The molecule has 0 atom stereocenters. The van der Waals surface area contributed by atoms with Crippen LogP contribution in [-0.2, 0) is 14.8 Å². The number of amides is 1. The first-order valence-electron chi connectivity index (χ1n) is 10.1. The van der Waals surface area contributed by atoms with E-state index in [0.717, 1.165) is 44.8 Å². The molecule has 7 nitrogen and oxygen atoms in total. The van der Waals surface area contributed by atoms with Crippen LogP contribution in [0.25, 0.3) is 0 Å². The third-order valence-corrected chi connectivity index (χ3v) is 6.94. The van der Waals surface area contributed by atoms with E-state index in [-0.39, 0.29) is 10.8 Å². The first-order valence-corrected chi connectivity index (χ1v) is 11.6. The summed E-state index contributed by atoms with van der Waals surface area (Å²) in [5.41, 5.74) is 1.88. The van der Waals surface area contributed by atoms with Crippen molar-refractivity contribution in [3.63, 3.8) is 0 Å². The van der Waals surface area contributed by atoms with Gasteiger partial charge in [0.05, 0.1) is 23.8 Å². The highest BCUT2D eigenvalue weighted by atomic mass is 32.2. The molecule has 1 amide bonds. The van der Waals surface area contributed by atoms with Gasteiger partial charge >= 0.3 is 0 Å². The average molecular weight is 432 g/mol. The van der Waals surface area contributed by atoms with Crippen molar-refractivity contribution in [1.29, 1.82) is 0 Å². The second-order valence-corrected chi connectivity index (χ2v) is 9.37. The van der Waals surface area contributed by atoms with Crippen LogP contribution in [0.4, 0.5) is 5.69 Å². The molecule has 1 saturated heterocycles. The topological polar surface area (TPSA) is 79.0 Å². The Kier molecular flexibility index (Phi) is 7.47. The van der Waals surface area contributed by atoms with E-state index in [0.29, 0.717) is 17.8 Å². The lowest BCUT2D eigenvalue weighted by Gasteiger charge is -2.26. The van der Waals surface area contributed by atoms with E-state index in [4.69, 9.17) is 4.74 Å². The largest absolute Gasteiger partial charge is 0.379 e. The van der Waals surface area contributed by atoms with Gasteiger partial charge in [0.1, 0.15) is 0 Å². The number of hydrogen-bond acceptors (Lipinski definition) is 5. The highest BCUT2D eigenvalue weighted by molar-refractivity contribution is 7.92. The number of ether oxygens (including phenoxy) is 1. The maximum absolute atomic E-state index is 13.0. The number of rotatable bonds is 8. The number of nitrogens with zero attached hydrogens (tertiary/aromatic N) is 2. The summed E-state index contributed by atoms with van der Waals surface area (Å²) in [7, 11) is -2.25. The number of hydrogen-bond donors (Lipinski definition) is 1. The fourth-order valence-electron chi connectivity index (χ4n) is 3.35. The normalized spacial score (nSPS) is 15.0. The lowest BCUT2D eigenvalue weighted by atomic mass is 10.2. The number of carbonyl (C=O) groups excluding carboxylic acids is 1. The molecule has 2 aromatic rings.